The number of nitrogens with zero attached hydrogens (tertiary/aromatic N) is 6. The summed E-state index contributed by atoms with van der Waals surface area (Å²) in [4.78, 5) is 38.3. The van der Waals surface area contributed by atoms with Gasteiger partial charge in [-0.2, -0.15) is 5.10 Å². The Morgan fingerprint density at radius 1 is 1.00 bits per heavy atom. The van der Waals surface area contributed by atoms with Crippen molar-refractivity contribution < 1.29 is 5.11 Å². The lowest BCUT2D eigenvalue weighted by Gasteiger charge is -2.31. The lowest BCUT2D eigenvalue weighted by atomic mass is 9.90. The molecule has 1 aromatic carbocycles. The number of nitrogens with one attached hydrogen (secondary N) is 1. The van der Waals surface area contributed by atoms with Crippen LogP contribution in [0.25, 0.3) is 27.8 Å². The van der Waals surface area contributed by atoms with Gasteiger partial charge in [0.15, 0.2) is 0 Å². The number of benzene rings is 1. The molecule has 0 atom stereocenters. The molecule has 4 aromatic heterocycles. The van der Waals surface area contributed by atoms with Crippen LogP contribution in [0.5, 0.6) is 0 Å². The van der Waals surface area contributed by atoms with Crippen LogP contribution >= 0.6 is 0 Å². The number of hydrogen-bond acceptors (Lipinski definition) is 8. The van der Waals surface area contributed by atoms with Crippen molar-refractivity contribution in [2.45, 2.75) is 46.1 Å². The molecule has 0 bridgehead atoms. The van der Waals surface area contributed by atoms with Gasteiger partial charge in [0.25, 0.3) is 11.1 Å². The molecule has 226 valence electrons. The van der Waals surface area contributed by atoms with E-state index in [2.05, 4.69) is 38.3 Å². The first-order chi connectivity index (χ1) is 21.3. The summed E-state index contributed by atoms with van der Waals surface area (Å²) in [5.74, 6) is 1.35. The van der Waals surface area contributed by atoms with Gasteiger partial charge in [-0.25, -0.2) is 14.6 Å². The summed E-state index contributed by atoms with van der Waals surface area (Å²) in [5, 5.41) is 19.6. The second-order valence-electron chi connectivity index (χ2n) is 11.5. The molecule has 44 heavy (non-hydrogen) atoms. The van der Waals surface area contributed by atoms with E-state index in [1.165, 1.54) is 14.8 Å². The third kappa shape index (κ3) is 5.54. The third-order valence-electron chi connectivity index (χ3n) is 8.66. The number of aromatic nitrogens is 5. The Bertz CT molecular complexity index is 1960. The molecule has 0 radical (unpaired) electrons. The molecule has 10 heteroatoms. The number of fused-ring (bicyclic) bond motifs is 1. The van der Waals surface area contributed by atoms with Gasteiger partial charge in [-0.1, -0.05) is 30.7 Å². The van der Waals surface area contributed by atoms with Gasteiger partial charge < -0.3 is 15.3 Å². The smallest absolute Gasteiger partial charge is 0.290 e. The molecule has 5 aromatic rings. The maximum absolute atomic E-state index is 13.6. The molecule has 1 fully saturated rings. The van der Waals surface area contributed by atoms with E-state index >= 15 is 0 Å². The highest BCUT2D eigenvalue weighted by atomic mass is 16.3. The normalized spacial score (nSPS) is 14.3. The minimum Gasteiger partial charge on any atom is -0.392 e. The number of piperidine rings is 1. The summed E-state index contributed by atoms with van der Waals surface area (Å²) in [7, 11) is 1.58. The van der Waals surface area contributed by atoms with Gasteiger partial charge in [0, 0.05) is 36.8 Å². The number of aryl methyl sites for hydroxylation is 3. The quantitative estimate of drug-likeness (QED) is 0.282. The van der Waals surface area contributed by atoms with Gasteiger partial charge in [-0.3, -0.25) is 14.2 Å². The Labute approximate surface area is 255 Å². The highest BCUT2D eigenvalue weighted by Gasteiger charge is 2.21. The zero-order valence-corrected chi connectivity index (χ0v) is 25.5. The van der Waals surface area contributed by atoms with Crippen LogP contribution in [0, 0.1) is 13.8 Å². The first-order valence-electron chi connectivity index (χ1n) is 15.0. The summed E-state index contributed by atoms with van der Waals surface area (Å²) in [6.45, 7) is 9.00. The predicted molar refractivity (Wildman–Crippen MR) is 173 cm³/mol. The van der Waals surface area contributed by atoms with Gasteiger partial charge in [0.1, 0.15) is 17.3 Å². The molecule has 1 aliphatic rings. The summed E-state index contributed by atoms with van der Waals surface area (Å²) < 4.78 is 2.71. The summed E-state index contributed by atoms with van der Waals surface area (Å²) in [5.41, 5.74) is 4.35. The largest absolute Gasteiger partial charge is 0.392 e. The van der Waals surface area contributed by atoms with E-state index in [1.807, 2.05) is 44.3 Å². The zero-order valence-electron chi connectivity index (χ0n) is 25.5. The Morgan fingerprint density at radius 3 is 2.50 bits per heavy atom. The average molecular weight is 592 g/mol. The molecular weight excluding hydrogens is 554 g/mol. The van der Waals surface area contributed by atoms with E-state index in [0.29, 0.717) is 45.4 Å². The summed E-state index contributed by atoms with van der Waals surface area (Å²) in [6, 6.07) is 13.2. The zero-order chi connectivity index (χ0) is 31.0. The van der Waals surface area contributed by atoms with Crippen molar-refractivity contribution in [3.05, 3.63) is 104 Å². The van der Waals surface area contributed by atoms with Gasteiger partial charge in [0.2, 0.25) is 0 Å². The minimum atomic E-state index is -0.386. The van der Waals surface area contributed by atoms with E-state index in [-0.39, 0.29) is 17.7 Å². The lowest BCUT2D eigenvalue weighted by molar-refractivity contribution is 0.222. The second kappa shape index (κ2) is 12.1. The maximum Gasteiger partial charge on any atom is 0.290 e. The van der Waals surface area contributed by atoms with Crippen LogP contribution in [-0.2, 0) is 13.7 Å². The number of rotatable bonds is 7. The van der Waals surface area contributed by atoms with E-state index in [1.54, 1.807) is 31.6 Å². The molecule has 0 amide bonds. The fraction of sp³-hybridized carbons (Fsp3) is 0.324. The van der Waals surface area contributed by atoms with Crippen molar-refractivity contribution in [2.75, 3.05) is 25.0 Å². The second-order valence-corrected chi connectivity index (χ2v) is 11.5. The summed E-state index contributed by atoms with van der Waals surface area (Å²) >= 11 is 0. The monoisotopic (exact) mass is 591 g/mol. The number of aliphatic hydroxyl groups excluding tert-OH is 1. The van der Waals surface area contributed by atoms with Crippen LogP contribution in [0.15, 0.2) is 70.6 Å². The molecule has 1 saturated heterocycles. The van der Waals surface area contributed by atoms with Gasteiger partial charge >= 0.3 is 0 Å². The maximum atomic E-state index is 13.6. The Hall–Kier alpha value is -4.67. The van der Waals surface area contributed by atoms with Crippen molar-refractivity contribution in [2.24, 2.45) is 7.05 Å². The molecule has 0 unspecified atom stereocenters. The van der Waals surface area contributed by atoms with Crippen molar-refractivity contribution in [3.8, 4) is 17.1 Å². The van der Waals surface area contributed by atoms with Gasteiger partial charge in [0.05, 0.1) is 17.7 Å². The van der Waals surface area contributed by atoms with Crippen LogP contribution < -0.4 is 16.4 Å². The topological polar surface area (TPSA) is 118 Å². The third-order valence-corrected chi connectivity index (χ3v) is 8.66. The van der Waals surface area contributed by atoms with Gasteiger partial charge in [-0.15, -0.1) is 0 Å². The van der Waals surface area contributed by atoms with Gasteiger partial charge in [-0.05, 0) is 93.0 Å². The number of hydrogen-bond donors (Lipinski definition) is 2. The standard InChI is InChI=1S/C34H37N7O3/c1-5-40-13-9-23(10-14-40)25-6-7-30(36-19-25)37-29-18-28(38-39(4)33(29)43)26-8-12-35-32(27(26)20-42)41-15-11-24-17-21(2)16-22(3)31(24)34(41)44/h6-8,11-12,15-19,23,42H,5,9-10,13-14,20H2,1-4H3,(H,36,37). The average Bonchev–Trinajstić information content (AvgIpc) is 3.03. The van der Waals surface area contributed by atoms with Crippen molar-refractivity contribution in [1.29, 1.82) is 0 Å². The predicted octanol–water partition coefficient (Wildman–Crippen LogP) is 4.59. The van der Waals surface area contributed by atoms with E-state index < -0.39 is 0 Å². The molecule has 0 saturated carbocycles. The number of likely N-dealkylation sites (tertiary alicyclic amines) is 1. The van der Waals surface area contributed by atoms with Crippen LogP contribution in [0.1, 0.15) is 47.9 Å². The number of pyridine rings is 3. The lowest BCUT2D eigenvalue weighted by Crippen LogP contribution is -2.32. The molecular formula is C34H37N7O3. The fourth-order valence-electron chi connectivity index (χ4n) is 6.29. The molecule has 10 nitrogen and oxygen atoms in total. The Morgan fingerprint density at radius 2 is 1.80 bits per heavy atom. The summed E-state index contributed by atoms with van der Waals surface area (Å²) in [6.07, 6.45) is 7.38. The molecule has 1 aliphatic heterocycles. The van der Waals surface area contributed by atoms with Crippen molar-refractivity contribution in [1.82, 2.24) is 29.2 Å². The van der Waals surface area contributed by atoms with Crippen LogP contribution in [0.4, 0.5) is 11.5 Å². The van der Waals surface area contributed by atoms with E-state index in [9.17, 15) is 14.7 Å². The minimum absolute atomic E-state index is 0.222. The van der Waals surface area contributed by atoms with Crippen LogP contribution in [-0.4, -0.2) is 54.0 Å². The molecule has 0 aliphatic carbocycles. The van der Waals surface area contributed by atoms with Crippen molar-refractivity contribution >= 4 is 22.3 Å². The van der Waals surface area contributed by atoms with Crippen LogP contribution in [0.3, 0.4) is 0 Å². The first kappa shape index (κ1) is 29.4. The Kier molecular flexibility index (Phi) is 8.11. The van der Waals surface area contributed by atoms with E-state index in [0.717, 1.165) is 49.0 Å². The molecule has 0 spiro atoms. The van der Waals surface area contributed by atoms with E-state index in [4.69, 9.17) is 0 Å². The Balaban J connectivity index is 1.34. The first-order valence-corrected chi connectivity index (χ1v) is 15.0. The SMILES string of the molecule is CCN1CCC(c2ccc(Nc3cc(-c4ccnc(-n5ccc6cc(C)cc(C)c6c5=O)c4CO)nn(C)c3=O)nc2)CC1. The number of anilines is 2. The van der Waals surface area contributed by atoms with Crippen LogP contribution in [0.2, 0.25) is 0 Å². The highest BCUT2D eigenvalue weighted by molar-refractivity contribution is 5.85. The number of aliphatic hydroxyl groups is 1. The molecule has 2 N–H and O–H groups in total. The van der Waals surface area contributed by atoms with Crippen molar-refractivity contribution in [3.63, 3.8) is 0 Å². The molecule has 6 rings (SSSR count). The molecule has 5 heterocycles. The fourth-order valence-corrected chi connectivity index (χ4v) is 6.29. The highest BCUT2D eigenvalue weighted by Crippen LogP contribution is 2.30.